The summed E-state index contributed by atoms with van der Waals surface area (Å²) in [5, 5.41) is 3.76. The summed E-state index contributed by atoms with van der Waals surface area (Å²) in [6.45, 7) is 2.41. The quantitative estimate of drug-likeness (QED) is 0.468. The first-order valence-electron chi connectivity index (χ1n) is 10.1. The first-order chi connectivity index (χ1) is 15.1. The highest BCUT2D eigenvalue weighted by molar-refractivity contribution is 5.88. The van der Waals surface area contributed by atoms with Gasteiger partial charge in [-0.1, -0.05) is 54.1 Å². The zero-order valence-corrected chi connectivity index (χ0v) is 17.6. The summed E-state index contributed by atoms with van der Waals surface area (Å²) in [4.78, 5) is 17.1. The van der Waals surface area contributed by atoms with Crippen molar-refractivity contribution in [3.63, 3.8) is 0 Å². The minimum Gasteiger partial charge on any atom is -0.497 e. The van der Waals surface area contributed by atoms with Crippen molar-refractivity contribution in [1.82, 2.24) is 10.3 Å². The molecule has 0 aliphatic carbocycles. The summed E-state index contributed by atoms with van der Waals surface area (Å²) < 4.78 is 11.1. The van der Waals surface area contributed by atoms with Crippen LogP contribution in [0.4, 0.5) is 0 Å². The van der Waals surface area contributed by atoms with Crippen molar-refractivity contribution in [1.29, 1.82) is 0 Å². The van der Waals surface area contributed by atoms with Crippen LogP contribution in [0.3, 0.4) is 0 Å². The van der Waals surface area contributed by atoms with Crippen molar-refractivity contribution in [2.75, 3.05) is 13.7 Å². The number of aromatic nitrogens is 1. The number of rotatable bonds is 7. The van der Waals surface area contributed by atoms with Crippen LogP contribution >= 0.6 is 0 Å². The van der Waals surface area contributed by atoms with Crippen LogP contribution in [0, 0.1) is 6.92 Å². The molecule has 1 heterocycles. The van der Waals surface area contributed by atoms with Gasteiger partial charge in [0.05, 0.1) is 18.3 Å². The second kappa shape index (κ2) is 9.30. The fourth-order valence-corrected chi connectivity index (χ4v) is 3.27. The van der Waals surface area contributed by atoms with Gasteiger partial charge in [0.2, 0.25) is 0 Å². The van der Waals surface area contributed by atoms with E-state index in [1.807, 2.05) is 66.7 Å². The molecule has 0 saturated carbocycles. The van der Waals surface area contributed by atoms with Gasteiger partial charge >= 0.3 is 0 Å². The molecule has 5 heteroatoms. The summed E-state index contributed by atoms with van der Waals surface area (Å²) in [5.41, 5.74) is 4.83. The highest BCUT2D eigenvalue weighted by Gasteiger charge is 2.11. The number of carbonyl (C=O) groups excluding carboxylic acids is 1. The van der Waals surface area contributed by atoms with Crippen LogP contribution in [0.1, 0.15) is 11.1 Å². The maximum absolute atomic E-state index is 12.4. The Bertz CT molecular complexity index is 1190. The van der Waals surface area contributed by atoms with Gasteiger partial charge in [-0.15, -0.1) is 0 Å². The van der Waals surface area contributed by atoms with Crippen LogP contribution in [0.5, 0.6) is 11.5 Å². The number of amides is 1. The second-order valence-corrected chi connectivity index (χ2v) is 7.30. The summed E-state index contributed by atoms with van der Waals surface area (Å²) >= 11 is 0. The molecule has 31 heavy (non-hydrogen) atoms. The van der Waals surface area contributed by atoms with E-state index >= 15 is 0 Å². The largest absolute Gasteiger partial charge is 0.497 e. The SMILES string of the molecule is COc1ccc(CNC(=O)COc2cc(-c3ccc(C)cc3)nc3ccccc23)cc1. The average Bonchev–Trinajstić information content (AvgIpc) is 2.81. The lowest BCUT2D eigenvalue weighted by Gasteiger charge is -2.12. The van der Waals surface area contributed by atoms with Gasteiger partial charge in [-0.3, -0.25) is 4.79 Å². The van der Waals surface area contributed by atoms with Gasteiger partial charge < -0.3 is 14.8 Å². The van der Waals surface area contributed by atoms with Gasteiger partial charge in [-0.2, -0.15) is 0 Å². The molecule has 5 nitrogen and oxygen atoms in total. The Morgan fingerprint density at radius 1 is 0.968 bits per heavy atom. The molecular weight excluding hydrogens is 388 g/mol. The van der Waals surface area contributed by atoms with Crippen LogP contribution in [-0.2, 0) is 11.3 Å². The maximum Gasteiger partial charge on any atom is 0.258 e. The van der Waals surface area contributed by atoms with Gasteiger partial charge in [0, 0.05) is 23.6 Å². The minimum absolute atomic E-state index is 0.0719. The monoisotopic (exact) mass is 412 g/mol. The molecular formula is C26H24N2O3. The van der Waals surface area contributed by atoms with Crippen molar-refractivity contribution in [2.45, 2.75) is 13.5 Å². The molecule has 0 atom stereocenters. The third-order valence-electron chi connectivity index (χ3n) is 5.03. The number of hydrogen-bond acceptors (Lipinski definition) is 4. The molecule has 4 rings (SSSR count). The van der Waals surface area contributed by atoms with E-state index in [-0.39, 0.29) is 12.5 Å². The highest BCUT2D eigenvalue weighted by Crippen LogP contribution is 2.30. The molecule has 156 valence electrons. The molecule has 0 spiro atoms. The van der Waals surface area contributed by atoms with Crippen LogP contribution in [0.25, 0.3) is 22.2 Å². The summed E-state index contributed by atoms with van der Waals surface area (Å²) in [5.74, 6) is 1.24. The lowest BCUT2D eigenvalue weighted by atomic mass is 10.1. The number of nitrogens with one attached hydrogen (secondary N) is 1. The molecule has 0 aliphatic rings. The predicted molar refractivity (Wildman–Crippen MR) is 122 cm³/mol. The third kappa shape index (κ3) is 5.01. The zero-order chi connectivity index (χ0) is 21.6. The Morgan fingerprint density at radius 3 is 2.45 bits per heavy atom. The molecule has 0 bridgehead atoms. The molecule has 0 unspecified atom stereocenters. The van der Waals surface area contributed by atoms with E-state index in [0.29, 0.717) is 12.3 Å². The number of methoxy groups -OCH3 is 1. The lowest BCUT2D eigenvalue weighted by Crippen LogP contribution is -2.28. The summed E-state index contributed by atoms with van der Waals surface area (Å²) in [6, 6.07) is 25.4. The van der Waals surface area contributed by atoms with Crippen molar-refractivity contribution in [2.24, 2.45) is 0 Å². The lowest BCUT2D eigenvalue weighted by molar-refractivity contribution is -0.123. The molecule has 1 aromatic heterocycles. The van der Waals surface area contributed by atoms with Gasteiger partial charge in [-0.05, 0) is 36.8 Å². The first kappa shape index (κ1) is 20.4. The molecule has 0 fully saturated rings. The van der Waals surface area contributed by atoms with Gasteiger partial charge in [0.25, 0.3) is 5.91 Å². The number of nitrogens with zero attached hydrogens (tertiary/aromatic N) is 1. The third-order valence-corrected chi connectivity index (χ3v) is 5.03. The van der Waals surface area contributed by atoms with E-state index in [2.05, 4.69) is 24.4 Å². The van der Waals surface area contributed by atoms with E-state index < -0.39 is 0 Å². The number of aryl methyl sites for hydroxylation is 1. The van der Waals surface area contributed by atoms with Crippen molar-refractivity contribution < 1.29 is 14.3 Å². The van der Waals surface area contributed by atoms with Crippen molar-refractivity contribution in [3.05, 3.63) is 90.0 Å². The Labute approximate surface area is 181 Å². The molecule has 0 saturated heterocycles. The number of hydrogen-bond donors (Lipinski definition) is 1. The van der Waals surface area contributed by atoms with E-state index in [1.54, 1.807) is 7.11 Å². The van der Waals surface area contributed by atoms with Gasteiger partial charge in [0.15, 0.2) is 6.61 Å². The Kier molecular flexibility index (Phi) is 6.13. The molecule has 0 radical (unpaired) electrons. The average molecular weight is 412 g/mol. The van der Waals surface area contributed by atoms with E-state index in [9.17, 15) is 4.79 Å². The van der Waals surface area contributed by atoms with Crippen LogP contribution in [0.2, 0.25) is 0 Å². The number of fused-ring (bicyclic) bond motifs is 1. The fraction of sp³-hybridized carbons (Fsp3) is 0.154. The molecule has 3 aromatic carbocycles. The van der Waals surface area contributed by atoms with Crippen LogP contribution in [0.15, 0.2) is 78.9 Å². The number of carbonyl (C=O) groups is 1. The summed E-state index contributed by atoms with van der Waals surface area (Å²) in [6.07, 6.45) is 0. The number of pyridine rings is 1. The smallest absolute Gasteiger partial charge is 0.258 e. The Balaban J connectivity index is 1.47. The Hall–Kier alpha value is -3.86. The standard InChI is InChI=1S/C26H24N2O3/c1-18-7-11-20(12-8-18)24-15-25(22-5-3-4-6-23(22)28-24)31-17-26(29)27-16-19-9-13-21(30-2)14-10-19/h3-15H,16-17H2,1-2H3,(H,27,29). The molecule has 0 aliphatic heterocycles. The van der Waals surface area contributed by atoms with E-state index in [1.165, 1.54) is 5.56 Å². The molecule has 4 aromatic rings. The second-order valence-electron chi connectivity index (χ2n) is 7.30. The molecule has 1 N–H and O–H groups in total. The molecule has 1 amide bonds. The van der Waals surface area contributed by atoms with Crippen LogP contribution in [-0.4, -0.2) is 24.6 Å². The minimum atomic E-state index is -0.186. The fourth-order valence-electron chi connectivity index (χ4n) is 3.27. The van der Waals surface area contributed by atoms with Crippen molar-refractivity contribution >= 4 is 16.8 Å². The zero-order valence-electron chi connectivity index (χ0n) is 17.6. The predicted octanol–water partition coefficient (Wildman–Crippen LogP) is 4.91. The van der Waals surface area contributed by atoms with Crippen LogP contribution < -0.4 is 14.8 Å². The Morgan fingerprint density at radius 2 is 1.71 bits per heavy atom. The maximum atomic E-state index is 12.4. The van der Waals surface area contributed by atoms with Crippen molar-refractivity contribution in [3.8, 4) is 22.8 Å². The summed E-state index contributed by atoms with van der Waals surface area (Å²) in [7, 11) is 1.63. The topological polar surface area (TPSA) is 60.5 Å². The highest BCUT2D eigenvalue weighted by atomic mass is 16.5. The van der Waals surface area contributed by atoms with E-state index in [4.69, 9.17) is 14.5 Å². The number of para-hydroxylation sites is 1. The normalized spacial score (nSPS) is 10.6. The number of benzene rings is 3. The first-order valence-corrected chi connectivity index (χ1v) is 10.1. The number of ether oxygens (including phenoxy) is 2. The van der Waals surface area contributed by atoms with Gasteiger partial charge in [0.1, 0.15) is 11.5 Å². The van der Waals surface area contributed by atoms with E-state index in [0.717, 1.165) is 33.5 Å². The van der Waals surface area contributed by atoms with Gasteiger partial charge in [-0.25, -0.2) is 4.98 Å².